The molecule has 0 aliphatic rings. The van der Waals surface area contributed by atoms with Crippen LogP contribution in [0.25, 0.3) is 0 Å². The normalized spacial score (nSPS) is 12.7. The maximum Gasteiger partial charge on any atom is 0.128 e. The molecular weight excluding hydrogens is 288 g/mol. The third-order valence-corrected chi connectivity index (χ3v) is 4.64. The highest BCUT2D eigenvalue weighted by atomic mass is 35.5. The highest BCUT2D eigenvalue weighted by Crippen LogP contribution is 2.36. The van der Waals surface area contributed by atoms with Gasteiger partial charge in [-0.2, -0.15) is 0 Å². The van der Waals surface area contributed by atoms with Crippen LogP contribution in [-0.4, -0.2) is 6.54 Å². The second kappa shape index (κ2) is 5.99. The Balaban J connectivity index is 2.51. The highest BCUT2D eigenvalue weighted by Gasteiger charge is 2.22. The molecular formula is C14H14ClF2NS. The monoisotopic (exact) mass is 301 g/mol. The van der Waals surface area contributed by atoms with Gasteiger partial charge in [0.15, 0.2) is 0 Å². The van der Waals surface area contributed by atoms with Crippen molar-refractivity contribution < 1.29 is 8.78 Å². The molecule has 102 valence electrons. The van der Waals surface area contributed by atoms with Crippen LogP contribution >= 0.6 is 22.9 Å². The first kappa shape index (κ1) is 14.4. The van der Waals surface area contributed by atoms with Gasteiger partial charge in [0, 0.05) is 10.4 Å². The molecule has 0 aliphatic heterocycles. The van der Waals surface area contributed by atoms with Crippen LogP contribution in [0.5, 0.6) is 0 Å². The number of halogens is 3. The van der Waals surface area contributed by atoms with E-state index in [1.54, 1.807) is 0 Å². The number of hydrogen-bond acceptors (Lipinski definition) is 2. The van der Waals surface area contributed by atoms with E-state index >= 15 is 0 Å². The minimum atomic E-state index is -0.455. The van der Waals surface area contributed by atoms with Gasteiger partial charge >= 0.3 is 0 Å². The van der Waals surface area contributed by atoms with Gasteiger partial charge in [-0.25, -0.2) is 8.78 Å². The quantitative estimate of drug-likeness (QED) is 0.864. The largest absolute Gasteiger partial charge is 0.306 e. The smallest absolute Gasteiger partial charge is 0.128 e. The molecule has 1 atom stereocenters. The number of rotatable bonds is 4. The number of benzene rings is 1. The van der Waals surface area contributed by atoms with Gasteiger partial charge in [-0.1, -0.05) is 18.5 Å². The lowest BCUT2D eigenvalue weighted by atomic mass is 10.0. The topological polar surface area (TPSA) is 12.0 Å². The van der Waals surface area contributed by atoms with Crippen molar-refractivity contribution in [3.8, 4) is 0 Å². The third-order valence-electron chi connectivity index (χ3n) is 2.86. The lowest BCUT2D eigenvalue weighted by Gasteiger charge is -2.18. The molecule has 1 nitrogen and oxygen atoms in total. The molecule has 19 heavy (non-hydrogen) atoms. The maximum atomic E-state index is 13.9. The lowest BCUT2D eigenvalue weighted by molar-refractivity contribution is 0.548. The van der Waals surface area contributed by atoms with Crippen LogP contribution in [0, 0.1) is 18.6 Å². The summed E-state index contributed by atoms with van der Waals surface area (Å²) in [5.74, 6) is -0.891. The predicted molar refractivity (Wildman–Crippen MR) is 75.9 cm³/mol. The number of thiophene rings is 1. The van der Waals surface area contributed by atoms with Crippen molar-refractivity contribution in [1.82, 2.24) is 5.32 Å². The molecule has 1 aromatic heterocycles. The minimum absolute atomic E-state index is 0.283. The second-order valence-electron chi connectivity index (χ2n) is 4.25. The number of hydrogen-bond donors (Lipinski definition) is 1. The Kier molecular flexibility index (Phi) is 4.55. The van der Waals surface area contributed by atoms with Gasteiger partial charge in [-0.05, 0) is 42.6 Å². The Morgan fingerprint density at radius 2 is 2.11 bits per heavy atom. The average molecular weight is 302 g/mol. The van der Waals surface area contributed by atoms with Gasteiger partial charge in [0.25, 0.3) is 0 Å². The molecule has 1 heterocycles. The molecule has 1 N–H and O–H groups in total. The Bertz CT molecular complexity index is 583. The van der Waals surface area contributed by atoms with Crippen LogP contribution in [0.3, 0.4) is 0 Å². The average Bonchev–Trinajstić information content (AvgIpc) is 2.71. The van der Waals surface area contributed by atoms with Gasteiger partial charge in [-0.3, -0.25) is 0 Å². The standard InChI is InChI=1S/C14H14ClF2NS/c1-3-18-13(14-12(15)8(2)7-19-14)10-6-9(16)4-5-11(10)17/h4-7,13,18H,3H2,1-2H3. The molecule has 5 heteroatoms. The van der Waals surface area contributed by atoms with Crippen molar-refractivity contribution in [2.75, 3.05) is 6.54 Å². The van der Waals surface area contributed by atoms with Gasteiger partial charge in [-0.15, -0.1) is 11.3 Å². The predicted octanol–water partition coefficient (Wildman–Crippen LogP) is 4.69. The molecule has 0 fully saturated rings. The van der Waals surface area contributed by atoms with E-state index in [0.29, 0.717) is 11.6 Å². The summed E-state index contributed by atoms with van der Waals surface area (Å²) in [6.45, 7) is 4.44. The summed E-state index contributed by atoms with van der Waals surface area (Å²) in [5.41, 5.74) is 1.23. The Labute approximate surface area is 120 Å². The van der Waals surface area contributed by atoms with E-state index < -0.39 is 17.7 Å². The molecule has 1 unspecified atom stereocenters. The van der Waals surface area contributed by atoms with E-state index in [1.807, 2.05) is 19.2 Å². The molecule has 0 saturated carbocycles. The minimum Gasteiger partial charge on any atom is -0.306 e. The highest BCUT2D eigenvalue weighted by molar-refractivity contribution is 7.10. The Morgan fingerprint density at radius 1 is 1.37 bits per heavy atom. The first-order valence-corrected chi connectivity index (χ1v) is 7.22. The molecule has 2 rings (SSSR count). The van der Waals surface area contributed by atoms with E-state index in [9.17, 15) is 8.78 Å². The van der Waals surface area contributed by atoms with Crippen LogP contribution in [0.1, 0.15) is 29.0 Å². The third kappa shape index (κ3) is 2.96. The van der Waals surface area contributed by atoms with Crippen molar-refractivity contribution in [3.63, 3.8) is 0 Å². The van der Waals surface area contributed by atoms with Crippen molar-refractivity contribution in [2.24, 2.45) is 0 Å². The van der Waals surface area contributed by atoms with Gasteiger partial charge in [0.2, 0.25) is 0 Å². The van der Waals surface area contributed by atoms with Gasteiger partial charge in [0.1, 0.15) is 11.6 Å². The van der Waals surface area contributed by atoms with E-state index in [1.165, 1.54) is 17.4 Å². The van der Waals surface area contributed by atoms with Crippen LogP contribution in [0.15, 0.2) is 23.6 Å². The molecule has 1 aromatic carbocycles. The summed E-state index contributed by atoms with van der Waals surface area (Å²) in [6.07, 6.45) is 0. The van der Waals surface area contributed by atoms with E-state index in [-0.39, 0.29) is 5.56 Å². The maximum absolute atomic E-state index is 13.9. The zero-order valence-electron chi connectivity index (χ0n) is 10.6. The summed E-state index contributed by atoms with van der Waals surface area (Å²) in [7, 11) is 0. The molecule has 0 radical (unpaired) electrons. The zero-order valence-corrected chi connectivity index (χ0v) is 12.2. The molecule has 2 aromatic rings. The van der Waals surface area contributed by atoms with Gasteiger partial charge < -0.3 is 5.32 Å². The van der Waals surface area contributed by atoms with Crippen molar-refractivity contribution in [2.45, 2.75) is 19.9 Å². The zero-order chi connectivity index (χ0) is 14.0. The first-order valence-electron chi connectivity index (χ1n) is 5.96. The first-order chi connectivity index (χ1) is 9.04. The van der Waals surface area contributed by atoms with E-state index in [0.717, 1.165) is 22.6 Å². The van der Waals surface area contributed by atoms with Crippen molar-refractivity contribution >= 4 is 22.9 Å². The number of nitrogens with one attached hydrogen (secondary N) is 1. The summed E-state index contributed by atoms with van der Waals surface area (Å²) in [6, 6.07) is 3.05. The summed E-state index contributed by atoms with van der Waals surface area (Å²) >= 11 is 7.69. The second-order valence-corrected chi connectivity index (χ2v) is 5.54. The van der Waals surface area contributed by atoms with E-state index in [4.69, 9.17) is 11.6 Å². The van der Waals surface area contributed by atoms with Crippen LogP contribution in [-0.2, 0) is 0 Å². The summed E-state index contributed by atoms with van der Waals surface area (Å²) in [4.78, 5) is 0.811. The number of aryl methyl sites for hydroxylation is 1. The van der Waals surface area contributed by atoms with Crippen LogP contribution < -0.4 is 5.32 Å². The van der Waals surface area contributed by atoms with Gasteiger partial charge in [0.05, 0.1) is 11.1 Å². The van der Waals surface area contributed by atoms with E-state index in [2.05, 4.69) is 5.32 Å². The Morgan fingerprint density at radius 3 is 2.68 bits per heavy atom. The molecule has 0 aliphatic carbocycles. The summed E-state index contributed by atoms with van der Waals surface area (Å²) in [5, 5.41) is 5.68. The Hall–Kier alpha value is -0.970. The van der Waals surface area contributed by atoms with Crippen molar-refractivity contribution in [1.29, 1.82) is 0 Å². The fraction of sp³-hybridized carbons (Fsp3) is 0.286. The molecule has 0 spiro atoms. The lowest BCUT2D eigenvalue weighted by Crippen LogP contribution is -2.22. The fourth-order valence-electron chi connectivity index (χ4n) is 1.93. The van der Waals surface area contributed by atoms with Crippen LogP contribution in [0.2, 0.25) is 5.02 Å². The SMILES string of the molecule is CCNC(c1cc(F)ccc1F)c1scc(C)c1Cl. The molecule has 0 saturated heterocycles. The summed E-state index contributed by atoms with van der Waals surface area (Å²) < 4.78 is 27.3. The van der Waals surface area contributed by atoms with Crippen LogP contribution in [0.4, 0.5) is 8.78 Å². The molecule has 0 bridgehead atoms. The van der Waals surface area contributed by atoms with Crippen molar-refractivity contribution in [3.05, 3.63) is 56.2 Å². The fourth-order valence-corrected chi connectivity index (χ4v) is 3.32. The molecule has 0 amide bonds.